The molecule has 1 saturated heterocycles. The number of ether oxygens (including phenoxy) is 2. The maximum Gasteiger partial charge on any atom is 0.239 e. The molecule has 0 spiro atoms. The van der Waals surface area contributed by atoms with Gasteiger partial charge in [-0.2, -0.15) is 0 Å². The standard InChI is InChI=1S/C17H26N4O5S/c1-25-9-7-21(12-15(23)19-11-13-3-2-8-26-13)16(24)5-4-14(22)20-17-18-6-10-27-17/h6,10,13H,2-5,7-9,11-12H2,1H3,(H,19,23)(H,18,20,22). The van der Waals surface area contributed by atoms with Gasteiger partial charge in [0.25, 0.3) is 0 Å². The molecular weight excluding hydrogens is 372 g/mol. The molecular formula is C17H26N4O5S. The molecule has 1 aliphatic rings. The maximum absolute atomic E-state index is 12.4. The summed E-state index contributed by atoms with van der Waals surface area (Å²) >= 11 is 1.31. The molecule has 150 valence electrons. The largest absolute Gasteiger partial charge is 0.383 e. The number of hydrogen-bond acceptors (Lipinski definition) is 7. The number of methoxy groups -OCH3 is 1. The van der Waals surface area contributed by atoms with E-state index in [-0.39, 0.29) is 49.8 Å². The molecule has 0 radical (unpaired) electrons. The second-order valence-corrected chi connectivity index (χ2v) is 7.03. The van der Waals surface area contributed by atoms with Crippen molar-refractivity contribution < 1.29 is 23.9 Å². The highest BCUT2D eigenvalue weighted by Crippen LogP contribution is 2.12. The molecule has 0 bridgehead atoms. The normalized spacial score (nSPS) is 16.1. The lowest BCUT2D eigenvalue weighted by Crippen LogP contribution is -2.44. The fraction of sp³-hybridized carbons (Fsp3) is 0.647. The first-order chi connectivity index (χ1) is 13.1. The highest BCUT2D eigenvalue weighted by Gasteiger charge is 2.20. The second-order valence-electron chi connectivity index (χ2n) is 6.13. The van der Waals surface area contributed by atoms with Gasteiger partial charge in [0, 0.05) is 51.2 Å². The van der Waals surface area contributed by atoms with Crippen LogP contribution in [0.15, 0.2) is 11.6 Å². The zero-order valence-electron chi connectivity index (χ0n) is 15.4. The zero-order valence-corrected chi connectivity index (χ0v) is 16.3. The molecule has 1 aromatic heterocycles. The van der Waals surface area contributed by atoms with Crippen molar-refractivity contribution in [3.63, 3.8) is 0 Å². The number of carbonyl (C=O) groups is 3. The predicted octanol–water partition coefficient (Wildman–Crippen LogP) is 0.632. The summed E-state index contributed by atoms with van der Waals surface area (Å²) in [5.41, 5.74) is 0. The van der Waals surface area contributed by atoms with Gasteiger partial charge in [0.05, 0.1) is 19.3 Å². The van der Waals surface area contributed by atoms with E-state index in [2.05, 4.69) is 15.6 Å². The van der Waals surface area contributed by atoms with Crippen molar-refractivity contribution in [1.29, 1.82) is 0 Å². The Kier molecular flexibility index (Phi) is 9.16. The Balaban J connectivity index is 1.75. The Morgan fingerprint density at radius 3 is 2.89 bits per heavy atom. The minimum atomic E-state index is -0.284. The van der Waals surface area contributed by atoms with Crippen LogP contribution in [0.2, 0.25) is 0 Å². The number of nitrogens with zero attached hydrogens (tertiary/aromatic N) is 2. The van der Waals surface area contributed by atoms with Crippen molar-refractivity contribution >= 4 is 34.2 Å². The summed E-state index contributed by atoms with van der Waals surface area (Å²) in [5.74, 6) is -0.802. The minimum absolute atomic E-state index is 0.0138. The average Bonchev–Trinajstić information content (AvgIpc) is 3.35. The summed E-state index contributed by atoms with van der Waals surface area (Å²) in [6, 6.07) is 0. The fourth-order valence-corrected chi connectivity index (χ4v) is 3.15. The summed E-state index contributed by atoms with van der Waals surface area (Å²) in [6.07, 6.45) is 3.61. The van der Waals surface area contributed by atoms with Crippen LogP contribution in [0.4, 0.5) is 5.13 Å². The van der Waals surface area contributed by atoms with Gasteiger partial charge >= 0.3 is 0 Å². The monoisotopic (exact) mass is 398 g/mol. The lowest BCUT2D eigenvalue weighted by molar-refractivity contribution is -0.137. The maximum atomic E-state index is 12.4. The van der Waals surface area contributed by atoms with E-state index in [9.17, 15) is 14.4 Å². The molecule has 3 amide bonds. The third kappa shape index (κ3) is 8.02. The van der Waals surface area contributed by atoms with Crippen LogP contribution < -0.4 is 10.6 Å². The molecule has 2 heterocycles. The molecule has 1 aromatic rings. The van der Waals surface area contributed by atoms with Gasteiger partial charge in [-0.05, 0) is 12.8 Å². The Morgan fingerprint density at radius 2 is 2.22 bits per heavy atom. The van der Waals surface area contributed by atoms with Crippen molar-refractivity contribution in [2.24, 2.45) is 0 Å². The summed E-state index contributed by atoms with van der Waals surface area (Å²) in [7, 11) is 1.53. The van der Waals surface area contributed by atoms with Crippen LogP contribution in [0.3, 0.4) is 0 Å². The number of anilines is 1. The summed E-state index contributed by atoms with van der Waals surface area (Å²) in [4.78, 5) is 41.8. The lowest BCUT2D eigenvalue weighted by Gasteiger charge is -2.22. The Morgan fingerprint density at radius 1 is 1.37 bits per heavy atom. The number of carbonyl (C=O) groups excluding carboxylic acids is 3. The van der Waals surface area contributed by atoms with E-state index in [0.717, 1.165) is 19.4 Å². The molecule has 0 saturated carbocycles. The summed E-state index contributed by atoms with van der Waals surface area (Å²) in [5, 5.41) is 7.68. The van der Waals surface area contributed by atoms with E-state index in [4.69, 9.17) is 9.47 Å². The van der Waals surface area contributed by atoms with E-state index >= 15 is 0 Å². The summed E-state index contributed by atoms with van der Waals surface area (Å²) in [6.45, 7) is 1.71. The molecule has 1 fully saturated rings. The number of thiazole rings is 1. The first kappa shape index (κ1) is 21.3. The molecule has 1 atom stereocenters. The van der Waals surface area contributed by atoms with E-state index in [0.29, 0.717) is 18.3 Å². The zero-order chi connectivity index (χ0) is 19.5. The van der Waals surface area contributed by atoms with Crippen molar-refractivity contribution in [3.8, 4) is 0 Å². The van der Waals surface area contributed by atoms with Gasteiger partial charge in [0.1, 0.15) is 0 Å². The molecule has 1 aliphatic heterocycles. The molecule has 2 rings (SSSR count). The van der Waals surface area contributed by atoms with Gasteiger partial charge in [0.15, 0.2) is 5.13 Å². The topological polar surface area (TPSA) is 110 Å². The van der Waals surface area contributed by atoms with E-state index < -0.39 is 0 Å². The molecule has 2 N–H and O–H groups in total. The molecule has 9 nitrogen and oxygen atoms in total. The lowest BCUT2D eigenvalue weighted by atomic mass is 10.2. The first-order valence-electron chi connectivity index (χ1n) is 8.93. The van der Waals surface area contributed by atoms with E-state index in [1.165, 1.54) is 23.3 Å². The number of nitrogens with one attached hydrogen (secondary N) is 2. The third-order valence-corrected chi connectivity index (χ3v) is 4.74. The van der Waals surface area contributed by atoms with E-state index in [1.54, 1.807) is 11.6 Å². The van der Waals surface area contributed by atoms with Gasteiger partial charge in [-0.15, -0.1) is 11.3 Å². The Labute approximate surface area is 162 Å². The Hall–Kier alpha value is -2.04. The summed E-state index contributed by atoms with van der Waals surface area (Å²) < 4.78 is 10.5. The molecule has 1 unspecified atom stereocenters. The van der Waals surface area contributed by atoms with Gasteiger partial charge in [-0.1, -0.05) is 0 Å². The van der Waals surface area contributed by atoms with Gasteiger partial charge < -0.3 is 25.0 Å². The second kappa shape index (κ2) is 11.6. The molecule has 0 aliphatic carbocycles. The number of amides is 3. The van der Waals surface area contributed by atoms with Crippen LogP contribution >= 0.6 is 11.3 Å². The van der Waals surface area contributed by atoms with Crippen LogP contribution in [0.25, 0.3) is 0 Å². The van der Waals surface area contributed by atoms with Crippen molar-refractivity contribution in [2.75, 3.05) is 45.3 Å². The SMILES string of the molecule is COCCN(CC(=O)NCC1CCCO1)C(=O)CCC(=O)Nc1nccs1. The Bertz CT molecular complexity index is 604. The van der Waals surface area contributed by atoms with Gasteiger partial charge in [-0.3, -0.25) is 14.4 Å². The number of rotatable bonds is 11. The molecule has 0 aromatic carbocycles. The number of aromatic nitrogens is 1. The fourth-order valence-electron chi connectivity index (χ4n) is 2.60. The van der Waals surface area contributed by atoms with Crippen LogP contribution in [0.1, 0.15) is 25.7 Å². The third-order valence-electron chi connectivity index (χ3n) is 4.05. The van der Waals surface area contributed by atoms with Crippen LogP contribution in [0, 0.1) is 0 Å². The van der Waals surface area contributed by atoms with Crippen LogP contribution in [0.5, 0.6) is 0 Å². The average molecular weight is 398 g/mol. The highest BCUT2D eigenvalue weighted by molar-refractivity contribution is 7.13. The molecule has 10 heteroatoms. The first-order valence-corrected chi connectivity index (χ1v) is 9.81. The quantitative estimate of drug-likeness (QED) is 0.566. The van der Waals surface area contributed by atoms with Crippen molar-refractivity contribution in [1.82, 2.24) is 15.2 Å². The van der Waals surface area contributed by atoms with E-state index in [1.807, 2.05) is 0 Å². The minimum Gasteiger partial charge on any atom is -0.383 e. The highest BCUT2D eigenvalue weighted by atomic mass is 32.1. The van der Waals surface area contributed by atoms with Crippen molar-refractivity contribution in [3.05, 3.63) is 11.6 Å². The smallest absolute Gasteiger partial charge is 0.239 e. The van der Waals surface area contributed by atoms with Crippen LogP contribution in [-0.4, -0.2) is 73.7 Å². The molecule has 27 heavy (non-hydrogen) atoms. The van der Waals surface area contributed by atoms with Gasteiger partial charge in [-0.25, -0.2) is 4.98 Å². The van der Waals surface area contributed by atoms with Crippen molar-refractivity contribution in [2.45, 2.75) is 31.8 Å². The van der Waals surface area contributed by atoms with Gasteiger partial charge in [0.2, 0.25) is 17.7 Å². The van der Waals surface area contributed by atoms with Crippen LogP contribution in [-0.2, 0) is 23.9 Å². The number of hydrogen-bond donors (Lipinski definition) is 2. The predicted molar refractivity (Wildman–Crippen MR) is 100 cm³/mol.